The molecule has 7 heteroatoms. The molecule has 0 aliphatic carbocycles. The molecule has 4 rings (SSSR count). The number of hydrogen-bond donors (Lipinski definition) is 1. The van der Waals surface area contributed by atoms with Crippen molar-refractivity contribution in [2.45, 2.75) is 39.0 Å². The first-order valence-electron chi connectivity index (χ1n) is 11.6. The first kappa shape index (κ1) is 23.5. The largest absolute Gasteiger partial charge is 0.355 e. The van der Waals surface area contributed by atoms with Crippen LogP contribution >= 0.6 is 11.8 Å². The molecule has 0 radical (unpaired) electrons. The number of aryl methyl sites for hydroxylation is 2. The van der Waals surface area contributed by atoms with Crippen LogP contribution in [0.1, 0.15) is 35.4 Å². The zero-order chi connectivity index (χ0) is 23.0. The summed E-state index contributed by atoms with van der Waals surface area (Å²) >= 11 is 1.87. The maximum Gasteiger partial charge on any atom is 0.241 e. The number of nitrogens with zero attached hydrogens (tertiary/aromatic N) is 3. The molecule has 0 saturated carbocycles. The Morgan fingerprint density at radius 1 is 1.09 bits per heavy atom. The van der Waals surface area contributed by atoms with Crippen LogP contribution < -0.4 is 5.32 Å². The normalized spacial score (nSPS) is 15.0. The fourth-order valence-corrected chi connectivity index (χ4v) is 5.08. The third kappa shape index (κ3) is 6.45. The van der Waals surface area contributed by atoms with Gasteiger partial charge in [-0.1, -0.05) is 53.7 Å². The molecule has 0 unspecified atom stereocenters. The van der Waals surface area contributed by atoms with Crippen molar-refractivity contribution >= 4 is 17.7 Å². The molecule has 1 amide bonds. The van der Waals surface area contributed by atoms with Gasteiger partial charge in [-0.05, 0) is 56.5 Å². The van der Waals surface area contributed by atoms with Crippen molar-refractivity contribution in [3.8, 4) is 11.4 Å². The number of rotatable bonds is 9. The summed E-state index contributed by atoms with van der Waals surface area (Å²) in [4.78, 5) is 19.4. The van der Waals surface area contributed by atoms with Crippen molar-refractivity contribution in [3.63, 3.8) is 0 Å². The smallest absolute Gasteiger partial charge is 0.241 e. The number of piperidine rings is 1. The van der Waals surface area contributed by atoms with E-state index in [1.807, 2.05) is 43.0 Å². The number of likely N-dealkylation sites (tertiary alicyclic amines) is 1. The number of nitrogens with one attached hydrogen (secondary N) is 1. The first-order valence-corrected chi connectivity index (χ1v) is 12.8. The fraction of sp³-hybridized carbons (Fsp3) is 0.423. The van der Waals surface area contributed by atoms with Gasteiger partial charge >= 0.3 is 0 Å². The molecule has 33 heavy (non-hydrogen) atoms. The summed E-state index contributed by atoms with van der Waals surface area (Å²) in [6.07, 6.45) is 1.72. The summed E-state index contributed by atoms with van der Waals surface area (Å²) in [5, 5.41) is 7.28. The van der Waals surface area contributed by atoms with Crippen molar-refractivity contribution < 1.29 is 9.32 Å². The van der Waals surface area contributed by atoms with Crippen LogP contribution in [0.15, 0.2) is 53.1 Å². The Bertz CT molecular complexity index is 1060. The monoisotopic (exact) mass is 464 g/mol. The van der Waals surface area contributed by atoms with Crippen LogP contribution in [-0.4, -0.2) is 46.3 Å². The van der Waals surface area contributed by atoms with Crippen molar-refractivity contribution in [2.75, 3.05) is 25.4 Å². The van der Waals surface area contributed by atoms with Gasteiger partial charge in [0.25, 0.3) is 0 Å². The molecule has 1 saturated heterocycles. The number of aromatic nitrogens is 2. The quantitative estimate of drug-likeness (QED) is 0.466. The fourth-order valence-electron chi connectivity index (χ4n) is 4.14. The number of benzene rings is 2. The van der Waals surface area contributed by atoms with Gasteiger partial charge in [0.15, 0.2) is 0 Å². The molecular formula is C26H32N4O2S. The molecule has 2 heterocycles. The van der Waals surface area contributed by atoms with E-state index in [-0.39, 0.29) is 11.8 Å². The third-order valence-electron chi connectivity index (χ3n) is 6.24. The minimum absolute atomic E-state index is 0.0906. The molecule has 6 nitrogen and oxygen atoms in total. The predicted octanol–water partition coefficient (Wildman–Crippen LogP) is 4.62. The highest BCUT2D eigenvalue weighted by Gasteiger charge is 2.25. The predicted molar refractivity (Wildman–Crippen MR) is 133 cm³/mol. The van der Waals surface area contributed by atoms with Gasteiger partial charge in [-0.25, -0.2) is 0 Å². The van der Waals surface area contributed by atoms with Crippen LogP contribution in [0.2, 0.25) is 0 Å². The Morgan fingerprint density at radius 2 is 1.82 bits per heavy atom. The minimum Gasteiger partial charge on any atom is -0.355 e. The van der Waals surface area contributed by atoms with E-state index in [9.17, 15) is 4.79 Å². The molecule has 0 atom stereocenters. The molecule has 1 aromatic heterocycles. The van der Waals surface area contributed by atoms with Crippen LogP contribution in [-0.2, 0) is 17.1 Å². The van der Waals surface area contributed by atoms with E-state index >= 15 is 0 Å². The van der Waals surface area contributed by atoms with E-state index in [0.717, 1.165) is 55.1 Å². The molecule has 0 bridgehead atoms. The molecule has 2 aromatic carbocycles. The summed E-state index contributed by atoms with van der Waals surface area (Å²) < 4.78 is 5.48. The Morgan fingerprint density at radius 3 is 2.58 bits per heavy atom. The van der Waals surface area contributed by atoms with Gasteiger partial charge in [0, 0.05) is 29.5 Å². The number of carbonyl (C=O) groups excluding carboxylic acids is 1. The van der Waals surface area contributed by atoms with E-state index in [1.54, 1.807) is 0 Å². The van der Waals surface area contributed by atoms with Gasteiger partial charge in [0.1, 0.15) is 0 Å². The average Bonchev–Trinajstić information content (AvgIpc) is 3.29. The van der Waals surface area contributed by atoms with Gasteiger partial charge in [-0.2, -0.15) is 16.7 Å². The van der Waals surface area contributed by atoms with E-state index < -0.39 is 0 Å². The standard InChI is InChI=1S/C26H32N4O2S/c1-19-7-3-5-9-22(19)18-33-16-13-27-26(31)21-11-14-30(15-12-21)17-24-28-25(29-32-24)23-10-6-4-8-20(23)2/h3-10,21H,11-18H2,1-2H3,(H,27,31). The zero-order valence-electron chi connectivity index (χ0n) is 19.4. The lowest BCUT2D eigenvalue weighted by molar-refractivity contribution is -0.126. The Labute approximate surface area is 200 Å². The number of hydrogen-bond acceptors (Lipinski definition) is 6. The lowest BCUT2D eigenvalue weighted by atomic mass is 9.96. The summed E-state index contributed by atoms with van der Waals surface area (Å²) in [5.74, 6) is 3.46. The number of carbonyl (C=O) groups is 1. The number of thioether (sulfide) groups is 1. The van der Waals surface area contributed by atoms with Crippen molar-refractivity contribution in [3.05, 3.63) is 71.1 Å². The highest BCUT2D eigenvalue weighted by Crippen LogP contribution is 2.22. The van der Waals surface area contributed by atoms with E-state index in [0.29, 0.717) is 18.3 Å². The number of amides is 1. The molecule has 1 fully saturated rings. The van der Waals surface area contributed by atoms with Gasteiger partial charge in [-0.15, -0.1) is 0 Å². The van der Waals surface area contributed by atoms with Gasteiger partial charge in [0.2, 0.25) is 17.6 Å². The summed E-state index contributed by atoms with van der Waals surface area (Å²) in [5.41, 5.74) is 4.83. The summed E-state index contributed by atoms with van der Waals surface area (Å²) in [7, 11) is 0. The average molecular weight is 465 g/mol. The minimum atomic E-state index is 0.0906. The van der Waals surface area contributed by atoms with E-state index in [2.05, 4.69) is 51.5 Å². The van der Waals surface area contributed by atoms with Gasteiger partial charge < -0.3 is 9.84 Å². The highest BCUT2D eigenvalue weighted by atomic mass is 32.2. The lowest BCUT2D eigenvalue weighted by Crippen LogP contribution is -2.40. The zero-order valence-corrected chi connectivity index (χ0v) is 20.2. The van der Waals surface area contributed by atoms with Crippen molar-refractivity contribution in [2.24, 2.45) is 5.92 Å². The van der Waals surface area contributed by atoms with Crippen LogP contribution in [0, 0.1) is 19.8 Å². The SMILES string of the molecule is Cc1ccccc1CSCCNC(=O)C1CCN(Cc2nc(-c3ccccc3C)no2)CC1. The Hall–Kier alpha value is -2.64. The Kier molecular flexibility index (Phi) is 8.18. The topological polar surface area (TPSA) is 71.3 Å². The molecule has 1 aliphatic rings. The second-order valence-electron chi connectivity index (χ2n) is 8.65. The van der Waals surface area contributed by atoms with Crippen molar-refractivity contribution in [1.29, 1.82) is 0 Å². The van der Waals surface area contributed by atoms with E-state index in [4.69, 9.17) is 4.52 Å². The van der Waals surface area contributed by atoms with Crippen molar-refractivity contribution in [1.82, 2.24) is 20.4 Å². The maximum atomic E-state index is 12.6. The lowest BCUT2D eigenvalue weighted by Gasteiger charge is -2.30. The van der Waals surface area contributed by atoms with Crippen LogP contribution in [0.4, 0.5) is 0 Å². The molecular weight excluding hydrogens is 432 g/mol. The summed E-state index contributed by atoms with van der Waals surface area (Å²) in [6, 6.07) is 16.5. The summed E-state index contributed by atoms with van der Waals surface area (Å²) in [6.45, 7) is 7.27. The molecule has 3 aromatic rings. The third-order valence-corrected chi connectivity index (χ3v) is 7.24. The van der Waals surface area contributed by atoms with Crippen LogP contribution in [0.3, 0.4) is 0 Å². The van der Waals surface area contributed by atoms with Gasteiger partial charge in [0.05, 0.1) is 6.54 Å². The van der Waals surface area contributed by atoms with E-state index in [1.165, 1.54) is 11.1 Å². The maximum absolute atomic E-state index is 12.6. The second kappa shape index (κ2) is 11.5. The Balaban J connectivity index is 1.15. The molecule has 1 N–H and O–H groups in total. The molecule has 1 aliphatic heterocycles. The van der Waals surface area contributed by atoms with Crippen LogP contribution in [0.5, 0.6) is 0 Å². The molecule has 174 valence electrons. The molecule has 0 spiro atoms. The first-order chi connectivity index (χ1) is 16.1. The second-order valence-corrected chi connectivity index (χ2v) is 9.75. The highest BCUT2D eigenvalue weighted by molar-refractivity contribution is 7.98. The van der Waals surface area contributed by atoms with Gasteiger partial charge in [-0.3, -0.25) is 9.69 Å². The van der Waals surface area contributed by atoms with Crippen LogP contribution in [0.25, 0.3) is 11.4 Å².